The molecule has 0 spiro atoms. The fourth-order valence-electron chi connectivity index (χ4n) is 2.81. The molecular formula is C22H18N2O2. The monoisotopic (exact) mass is 342 g/mol. The summed E-state index contributed by atoms with van der Waals surface area (Å²) in [5.41, 5.74) is 1.75. The second-order valence-electron chi connectivity index (χ2n) is 6.06. The largest absolute Gasteiger partial charge is 0.460 e. The first-order chi connectivity index (χ1) is 12.7. The molecule has 4 aromatic rings. The number of furan rings is 2. The van der Waals surface area contributed by atoms with Crippen LogP contribution < -0.4 is 0 Å². The highest BCUT2D eigenvalue weighted by atomic mass is 16.3. The molecule has 0 aliphatic heterocycles. The highest BCUT2D eigenvalue weighted by Gasteiger charge is 2.04. The number of rotatable bonds is 4. The maximum absolute atomic E-state index is 5.55. The lowest BCUT2D eigenvalue weighted by Crippen LogP contribution is -1.79. The van der Waals surface area contributed by atoms with Crippen LogP contribution in [0.3, 0.4) is 0 Å². The van der Waals surface area contributed by atoms with E-state index in [-0.39, 0.29) is 0 Å². The summed E-state index contributed by atoms with van der Waals surface area (Å²) in [4.78, 5) is 9.18. The molecule has 26 heavy (non-hydrogen) atoms. The van der Waals surface area contributed by atoms with Crippen LogP contribution in [0.4, 0.5) is 11.4 Å². The smallest absolute Gasteiger partial charge is 0.145 e. The third-order valence-corrected chi connectivity index (χ3v) is 4.06. The minimum atomic E-state index is 0.738. The van der Waals surface area contributed by atoms with Crippen molar-refractivity contribution in [2.45, 2.75) is 13.8 Å². The number of benzene rings is 2. The lowest BCUT2D eigenvalue weighted by Gasteiger charge is -2.04. The molecule has 4 heteroatoms. The van der Waals surface area contributed by atoms with Crippen molar-refractivity contribution >= 4 is 34.6 Å². The Morgan fingerprint density at radius 1 is 0.615 bits per heavy atom. The molecule has 0 aliphatic rings. The summed E-state index contributed by atoms with van der Waals surface area (Å²) >= 11 is 0. The van der Waals surface area contributed by atoms with Gasteiger partial charge in [-0.15, -0.1) is 0 Å². The number of hydrogen-bond donors (Lipinski definition) is 0. The average molecular weight is 342 g/mol. The molecule has 0 saturated carbocycles. The summed E-state index contributed by atoms with van der Waals surface area (Å²) in [7, 11) is 0. The molecule has 0 N–H and O–H groups in total. The second kappa shape index (κ2) is 6.84. The van der Waals surface area contributed by atoms with Crippen LogP contribution in [0.25, 0.3) is 10.8 Å². The van der Waals surface area contributed by atoms with Crippen molar-refractivity contribution in [1.29, 1.82) is 0 Å². The van der Waals surface area contributed by atoms with Gasteiger partial charge in [0.15, 0.2) is 0 Å². The Hall–Kier alpha value is -3.40. The van der Waals surface area contributed by atoms with Gasteiger partial charge in [0.05, 0.1) is 23.8 Å². The molecule has 0 saturated heterocycles. The summed E-state index contributed by atoms with van der Waals surface area (Å²) in [5.74, 6) is 3.21. The summed E-state index contributed by atoms with van der Waals surface area (Å²) in [6, 6.07) is 19.7. The maximum atomic E-state index is 5.55. The van der Waals surface area contributed by atoms with E-state index in [9.17, 15) is 0 Å². The van der Waals surface area contributed by atoms with Gasteiger partial charge >= 0.3 is 0 Å². The van der Waals surface area contributed by atoms with Crippen LogP contribution in [0.15, 0.2) is 79.5 Å². The maximum Gasteiger partial charge on any atom is 0.145 e. The lowest BCUT2D eigenvalue weighted by molar-refractivity contribution is 0.527. The van der Waals surface area contributed by atoms with E-state index in [4.69, 9.17) is 8.83 Å². The molecule has 0 amide bonds. The van der Waals surface area contributed by atoms with Gasteiger partial charge in [0.25, 0.3) is 0 Å². The minimum Gasteiger partial charge on any atom is -0.460 e. The third-order valence-electron chi connectivity index (χ3n) is 4.06. The van der Waals surface area contributed by atoms with Crippen molar-refractivity contribution in [3.8, 4) is 0 Å². The minimum absolute atomic E-state index is 0.738. The van der Waals surface area contributed by atoms with E-state index >= 15 is 0 Å². The van der Waals surface area contributed by atoms with Gasteiger partial charge in [0.1, 0.15) is 23.0 Å². The van der Waals surface area contributed by atoms with E-state index < -0.39 is 0 Å². The van der Waals surface area contributed by atoms with E-state index in [0.29, 0.717) is 0 Å². The fourth-order valence-corrected chi connectivity index (χ4v) is 2.81. The highest BCUT2D eigenvalue weighted by molar-refractivity contribution is 6.01. The predicted octanol–water partition coefficient (Wildman–Crippen LogP) is 6.14. The zero-order chi connectivity index (χ0) is 17.9. The van der Waals surface area contributed by atoms with Gasteiger partial charge in [-0.2, -0.15) is 0 Å². The van der Waals surface area contributed by atoms with E-state index in [0.717, 1.165) is 45.2 Å². The normalized spacial score (nSPS) is 11.9. The van der Waals surface area contributed by atoms with Gasteiger partial charge in [0.2, 0.25) is 0 Å². The van der Waals surface area contributed by atoms with Crippen molar-refractivity contribution in [1.82, 2.24) is 0 Å². The first-order valence-electron chi connectivity index (χ1n) is 8.42. The van der Waals surface area contributed by atoms with Crippen LogP contribution in [0.2, 0.25) is 0 Å². The van der Waals surface area contributed by atoms with E-state index in [1.54, 1.807) is 12.4 Å². The highest BCUT2D eigenvalue weighted by Crippen LogP contribution is 2.32. The van der Waals surface area contributed by atoms with Gasteiger partial charge in [-0.05, 0) is 50.2 Å². The Kier molecular flexibility index (Phi) is 4.23. The van der Waals surface area contributed by atoms with E-state index in [1.807, 2.05) is 74.5 Å². The Morgan fingerprint density at radius 2 is 1.08 bits per heavy atom. The average Bonchev–Trinajstić information content (AvgIpc) is 3.26. The van der Waals surface area contributed by atoms with Gasteiger partial charge in [-0.25, -0.2) is 0 Å². The van der Waals surface area contributed by atoms with Crippen molar-refractivity contribution < 1.29 is 8.83 Å². The summed E-state index contributed by atoms with van der Waals surface area (Å²) in [5, 5.41) is 2.08. The molecule has 0 radical (unpaired) electrons. The van der Waals surface area contributed by atoms with Gasteiger partial charge < -0.3 is 8.83 Å². The van der Waals surface area contributed by atoms with Crippen LogP contribution in [-0.4, -0.2) is 12.4 Å². The quantitative estimate of drug-likeness (QED) is 0.418. The number of hydrogen-bond acceptors (Lipinski definition) is 4. The number of fused-ring (bicyclic) bond motifs is 1. The SMILES string of the molecule is Cc1ccc(C=Nc2cccc3c(N=Cc4ccc(C)o4)cccc23)o1. The van der Waals surface area contributed by atoms with Gasteiger partial charge in [-0.3, -0.25) is 9.98 Å². The molecule has 0 bridgehead atoms. The van der Waals surface area contributed by atoms with Crippen molar-refractivity contribution in [3.63, 3.8) is 0 Å². The standard InChI is InChI=1S/C22H18N2O2/c1-15-9-11-17(25-15)13-23-21-7-3-6-20-19(21)5-4-8-22(20)24-14-18-12-10-16(2)26-18/h3-14H,1-2H3. The topological polar surface area (TPSA) is 51.0 Å². The number of nitrogens with zero attached hydrogens (tertiary/aromatic N) is 2. The molecule has 2 heterocycles. The van der Waals surface area contributed by atoms with Crippen LogP contribution in [-0.2, 0) is 0 Å². The van der Waals surface area contributed by atoms with Crippen molar-refractivity contribution in [2.24, 2.45) is 9.98 Å². The number of aryl methyl sites for hydroxylation is 2. The predicted molar refractivity (Wildman–Crippen MR) is 105 cm³/mol. The molecule has 0 atom stereocenters. The molecule has 2 aromatic heterocycles. The van der Waals surface area contributed by atoms with Gasteiger partial charge in [0, 0.05) is 10.8 Å². The van der Waals surface area contributed by atoms with Crippen LogP contribution in [0.1, 0.15) is 23.0 Å². The summed E-state index contributed by atoms with van der Waals surface area (Å²) in [6.45, 7) is 3.83. The van der Waals surface area contributed by atoms with Crippen LogP contribution in [0.5, 0.6) is 0 Å². The molecule has 0 aliphatic carbocycles. The van der Waals surface area contributed by atoms with Crippen LogP contribution >= 0.6 is 0 Å². The van der Waals surface area contributed by atoms with Gasteiger partial charge in [-0.1, -0.05) is 24.3 Å². The van der Waals surface area contributed by atoms with E-state index in [2.05, 4.69) is 9.98 Å². The second-order valence-corrected chi connectivity index (χ2v) is 6.06. The first kappa shape index (κ1) is 16.1. The Morgan fingerprint density at radius 3 is 1.46 bits per heavy atom. The number of aliphatic imine (C=N–C) groups is 2. The fraction of sp³-hybridized carbons (Fsp3) is 0.0909. The summed E-state index contributed by atoms with van der Waals surface area (Å²) < 4.78 is 11.1. The Bertz CT molecular complexity index is 1030. The van der Waals surface area contributed by atoms with Crippen molar-refractivity contribution in [2.75, 3.05) is 0 Å². The van der Waals surface area contributed by atoms with Crippen LogP contribution in [0, 0.1) is 13.8 Å². The lowest BCUT2D eigenvalue weighted by atomic mass is 10.1. The molecule has 4 nitrogen and oxygen atoms in total. The molecule has 4 rings (SSSR count). The molecule has 0 fully saturated rings. The molecular weight excluding hydrogens is 324 g/mol. The Balaban J connectivity index is 1.70. The first-order valence-corrected chi connectivity index (χ1v) is 8.42. The summed E-state index contributed by atoms with van der Waals surface area (Å²) in [6.07, 6.45) is 3.48. The third kappa shape index (κ3) is 3.35. The zero-order valence-corrected chi connectivity index (χ0v) is 14.6. The molecule has 128 valence electrons. The molecule has 0 unspecified atom stereocenters. The zero-order valence-electron chi connectivity index (χ0n) is 14.6. The van der Waals surface area contributed by atoms with E-state index in [1.165, 1.54) is 0 Å². The molecule has 2 aromatic carbocycles. The van der Waals surface area contributed by atoms with Crippen molar-refractivity contribution in [3.05, 3.63) is 83.7 Å². The Labute approximate surface area is 151 Å².